The Balaban J connectivity index is 1.48. The number of hydrogen-bond donors (Lipinski definition) is 3. The molecule has 0 saturated carbocycles. The molecule has 0 radical (unpaired) electrons. The van der Waals surface area contributed by atoms with E-state index in [1.165, 1.54) is 0 Å². The van der Waals surface area contributed by atoms with E-state index in [4.69, 9.17) is 0 Å². The number of anilines is 1. The van der Waals surface area contributed by atoms with Crippen LogP contribution < -0.4 is 10.6 Å². The van der Waals surface area contributed by atoms with Crippen LogP contribution in [0.3, 0.4) is 0 Å². The third-order valence-corrected chi connectivity index (χ3v) is 4.51. The number of nitrogens with one attached hydrogen (secondary N) is 3. The largest absolute Gasteiger partial charge is 0.387 e. The topological polar surface area (TPSA) is 73.1 Å². The van der Waals surface area contributed by atoms with Crippen molar-refractivity contribution >= 4 is 11.6 Å². The van der Waals surface area contributed by atoms with E-state index in [9.17, 15) is 4.79 Å². The number of H-pyrrole nitrogens is 1. The zero-order valence-electron chi connectivity index (χ0n) is 14.3. The minimum atomic E-state index is -0.0127. The minimum absolute atomic E-state index is 0.0127. The summed E-state index contributed by atoms with van der Waals surface area (Å²) >= 11 is 0. The molecule has 24 heavy (non-hydrogen) atoms. The number of carbonyl (C=O) groups excluding carboxylic acids is 1. The van der Waals surface area contributed by atoms with Crippen molar-refractivity contribution in [3.63, 3.8) is 0 Å². The van der Waals surface area contributed by atoms with Crippen LogP contribution >= 0.6 is 0 Å². The third-order valence-electron chi connectivity index (χ3n) is 4.51. The fourth-order valence-electron chi connectivity index (χ4n) is 3.24. The van der Waals surface area contributed by atoms with E-state index < -0.39 is 0 Å². The highest BCUT2D eigenvalue weighted by atomic mass is 16.1. The second-order valence-corrected chi connectivity index (χ2v) is 6.44. The normalized spacial score (nSPS) is 17.8. The second-order valence-electron chi connectivity index (χ2n) is 6.44. The van der Waals surface area contributed by atoms with Gasteiger partial charge in [0, 0.05) is 38.1 Å². The highest BCUT2D eigenvalue weighted by Gasteiger charge is 2.23. The lowest BCUT2D eigenvalue weighted by molar-refractivity contribution is 0.0948. The van der Waals surface area contributed by atoms with Gasteiger partial charge in [0.1, 0.15) is 0 Å². The molecule has 1 aromatic carbocycles. The molecule has 1 aliphatic heterocycles. The van der Waals surface area contributed by atoms with Crippen LogP contribution in [0, 0.1) is 12.8 Å². The Kier molecular flexibility index (Phi) is 5.15. The summed E-state index contributed by atoms with van der Waals surface area (Å²) in [5.41, 5.74) is 3.73. The number of carbonyl (C=O) groups is 1. The van der Waals surface area contributed by atoms with Crippen molar-refractivity contribution in [3.05, 3.63) is 47.3 Å². The number of amides is 1. The van der Waals surface area contributed by atoms with Crippen molar-refractivity contribution in [2.24, 2.45) is 5.92 Å². The highest BCUT2D eigenvalue weighted by molar-refractivity contribution is 5.99. The summed E-state index contributed by atoms with van der Waals surface area (Å²) < 4.78 is 0. The quantitative estimate of drug-likeness (QED) is 0.759. The number of aromatic amines is 1. The van der Waals surface area contributed by atoms with E-state index in [0.717, 1.165) is 43.1 Å². The average molecular weight is 327 g/mol. The van der Waals surface area contributed by atoms with Crippen LogP contribution in [0.15, 0.2) is 30.3 Å². The number of benzene rings is 1. The molecule has 0 aliphatic carbocycles. The molecule has 0 spiro atoms. The lowest BCUT2D eigenvalue weighted by atomic mass is 10.1. The molecular formula is C18H25N5O. The molecular weight excluding hydrogens is 302 g/mol. The predicted molar refractivity (Wildman–Crippen MR) is 95.0 cm³/mol. The van der Waals surface area contributed by atoms with Gasteiger partial charge in [0.2, 0.25) is 0 Å². The van der Waals surface area contributed by atoms with Crippen molar-refractivity contribution < 1.29 is 4.79 Å². The van der Waals surface area contributed by atoms with Gasteiger partial charge in [0.05, 0.1) is 11.3 Å². The molecule has 1 fully saturated rings. The van der Waals surface area contributed by atoms with Crippen LogP contribution in [0.1, 0.15) is 28.2 Å². The number of aryl methyl sites for hydroxylation is 1. The molecule has 1 aromatic heterocycles. The van der Waals surface area contributed by atoms with E-state index in [-0.39, 0.29) is 5.91 Å². The van der Waals surface area contributed by atoms with Gasteiger partial charge >= 0.3 is 0 Å². The van der Waals surface area contributed by atoms with Gasteiger partial charge in [-0.2, -0.15) is 5.10 Å². The van der Waals surface area contributed by atoms with Crippen molar-refractivity contribution in [2.45, 2.75) is 19.9 Å². The number of rotatable bonds is 6. The maximum atomic E-state index is 12.4. The van der Waals surface area contributed by atoms with Crippen LogP contribution in [0.5, 0.6) is 0 Å². The van der Waals surface area contributed by atoms with Crippen LogP contribution in [0.2, 0.25) is 0 Å². The molecule has 0 bridgehead atoms. The first-order valence-electron chi connectivity index (χ1n) is 8.44. The Morgan fingerprint density at radius 2 is 2.25 bits per heavy atom. The summed E-state index contributed by atoms with van der Waals surface area (Å²) in [7, 11) is 1.83. The van der Waals surface area contributed by atoms with E-state index in [0.29, 0.717) is 18.0 Å². The Bertz CT molecular complexity index is 696. The van der Waals surface area contributed by atoms with Crippen LogP contribution in [-0.2, 0) is 6.54 Å². The summed E-state index contributed by atoms with van der Waals surface area (Å²) in [6.45, 7) is 5.66. The number of likely N-dealkylation sites (tertiary alicyclic amines) is 1. The summed E-state index contributed by atoms with van der Waals surface area (Å²) in [5.74, 6) is 0.483. The van der Waals surface area contributed by atoms with Crippen LogP contribution in [-0.4, -0.2) is 47.7 Å². The van der Waals surface area contributed by atoms with Crippen molar-refractivity contribution in [1.82, 2.24) is 20.4 Å². The van der Waals surface area contributed by atoms with Crippen molar-refractivity contribution in [2.75, 3.05) is 32.0 Å². The fraction of sp³-hybridized carbons (Fsp3) is 0.444. The van der Waals surface area contributed by atoms with Gasteiger partial charge in [-0.1, -0.05) is 12.1 Å². The van der Waals surface area contributed by atoms with Gasteiger partial charge in [-0.25, -0.2) is 0 Å². The Morgan fingerprint density at radius 1 is 1.42 bits per heavy atom. The van der Waals surface area contributed by atoms with Crippen molar-refractivity contribution in [3.8, 4) is 0 Å². The van der Waals surface area contributed by atoms with Gasteiger partial charge in [-0.3, -0.25) is 14.8 Å². The average Bonchev–Trinajstić information content (AvgIpc) is 3.21. The smallest absolute Gasteiger partial charge is 0.253 e. The highest BCUT2D eigenvalue weighted by Crippen LogP contribution is 2.18. The maximum absolute atomic E-state index is 12.4. The number of aromatic nitrogens is 2. The molecule has 2 aromatic rings. The Hall–Kier alpha value is -2.34. The predicted octanol–water partition coefficient (Wildman–Crippen LogP) is 2.01. The van der Waals surface area contributed by atoms with Gasteiger partial charge in [-0.05, 0) is 44.0 Å². The number of para-hydroxylation sites is 1. The summed E-state index contributed by atoms with van der Waals surface area (Å²) in [6.07, 6.45) is 1.11. The zero-order chi connectivity index (χ0) is 16.9. The van der Waals surface area contributed by atoms with Crippen LogP contribution in [0.25, 0.3) is 0 Å². The monoisotopic (exact) mass is 327 g/mol. The number of nitrogens with zero attached hydrogens (tertiary/aromatic N) is 2. The lowest BCUT2D eigenvalue weighted by Gasteiger charge is -2.15. The third kappa shape index (κ3) is 3.94. The molecule has 0 unspecified atom stereocenters. The zero-order valence-corrected chi connectivity index (χ0v) is 14.3. The molecule has 1 saturated heterocycles. The fourth-order valence-corrected chi connectivity index (χ4v) is 3.24. The second kappa shape index (κ2) is 7.49. The molecule has 128 valence electrons. The minimum Gasteiger partial charge on any atom is -0.387 e. The molecule has 1 aliphatic rings. The summed E-state index contributed by atoms with van der Waals surface area (Å²) in [4.78, 5) is 14.8. The lowest BCUT2D eigenvalue weighted by Crippen LogP contribution is -2.31. The number of hydrogen-bond acceptors (Lipinski definition) is 4. The Morgan fingerprint density at radius 3 is 3.00 bits per heavy atom. The SMILES string of the molecule is CNc1ccccc1C(=O)NC[C@@H]1CCN(Cc2cc(C)[nH]n2)C1. The van der Waals surface area contributed by atoms with E-state index in [1.807, 2.05) is 38.2 Å². The first kappa shape index (κ1) is 16.5. The first-order valence-corrected chi connectivity index (χ1v) is 8.44. The molecule has 1 atom stereocenters. The molecule has 6 nitrogen and oxygen atoms in total. The van der Waals surface area contributed by atoms with Crippen LogP contribution in [0.4, 0.5) is 5.69 Å². The summed E-state index contributed by atoms with van der Waals surface area (Å²) in [6, 6.07) is 9.66. The van der Waals surface area contributed by atoms with E-state index >= 15 is 0 Å². The standard InChI is InChI=1S/C18H25N5O/c1-13-9-15(22-21-13)12-23-8-7-14(11-23)10-20-18(24)16-5-3-4-6-17(16)19-2/h3-6,9,14,19H,7-8,10-12H2,1-2H3,(H,20,24)(H,21,22)/t14-/m0/s1. The molecule has 3 N–H and O–H groups in total. The maximum Gasteiger partial charge on any atom is 0.253 e. The molecule has 6 heteroatoms. The van der Waals surface area contributed by atoms with Gasteiger partial charge in [-0.15, -0.1) is 0 Å². The first-order chi connectivity index (χ1) is 11.7. The van der Waals surface area contributed by atoms with Gasteiger partial charge in [0.25, 0.3) is 5.91 Å². The van der Waals surface area contributed by atoms with Gasteiger partial charge < -0.3 is 10.6 Å². The van der Waals surface area contributed by atoms with E-state index in [2.05, 4.69) is 31.8 Å². The summed E-state index contributed by atoms with van der Waals surface area (Å²) in [5, 5.41) is 13.4. The van der Waals surface area contributed by atoms with Crippen molar-refractivity contribution in [1.29, 1.82) is 0 Å². The Labute approximate surface area is 142 Å². The molecule has 1 amide bonds. The van der Waals surface area contributed by atoms with E-state index in [1.54, 1.807) is 0 Å². The van der Waals surface area contributed by atoms with Gasteiger partial charge in [0.15, 0.2) is 0 Å². The molecule has 3 rings (SSSR count). The molecule has 2 heterocycles.